The van der Waals surface area contributed by atoms with Crippen LogP contribution < -0.4 is 11.1 Å². The van der Waals surface area contributed by atoms with E-state index in [4.69, 9.17) is 5.73 Å². The quantitative estimate of drug-likeness (QED) is 0.822. The van der Waals surface area contributed by atoms with Crippen LogP contribution in [0.2, 0.25) is 0 Å². The van der Waals surface area contributed by atoms with Gasteiger partial charge < -0.3 is 11.1 Å². The van der Waals surface area contributed by atoms with Gasteiger partial charge in [-0.25, -0.2) is 0 Å². The van der Waals surface area contributed by atoms with Gasteiger partial charge in [-0.3, -0.25) is 0 Å². The highest BCUT2D eigenvalue weighted by molar-refractivity contribution is 7.07. The Balaban J connectivity index is 1.89. The van der Waals surface area contributed by atoms with Crippen LogP contribution in [0.3, 0.4) is 0 Å². The highest BCUT2D eigenvalue weighted by Crippen LogP contribution is 2.10. The Kier molecular flexibility index (Phi) is 4.74. The van der Waals surface area contributed by atoms with Gasteiger partial charge in [0.25, 0.3) is 0 Å². The van der Waals surface area contributed by atoms with Crippen molar-refractivity contribution in [3.8, 4) is 0 Å². The summed E-state index contributed by atoms with van der Waals surface area (Å²) in [5, 5.41) is 7.76. The van der Waals surface area contributed by atoms with E-state index in [1.54, 1.807) is 11.3 Å². The molecule has 2 rings (SSSR count). The zero-order valence-electron chi connectivity index (χ0n) is 9.86. The molecule has 90 valence electrons. The van der Waals surface area contributed by atoms with Gasteiger partial charge in [0.2, 0.25) is 0 Å². The number of nitrogens with two attached hydrogens (primary N) is 1. The molecule has 0 bridgehead atoms. The summed E-state index contributed by atoms with van der Waals surface area (Å²) in [5.74, 6) is 0. The third kappa shape index (κ3) is 3.66. The second-order valence-electron chi connectivity index (χ2n) is 4.04. The van der Waals surface area contributed by atoms with Crippen LogP contribution in [-0.2, 0) is 19.5 Å². The fraction of sp³-hybridized carbons (Fsp3) is 0.286. The molecule has 0 fully saturated rings. The van der Waals surface area contributed by atoms with Crippen molar-refractivity contribution in [1.82, 2.24) is 5.32 Å². The van der Waals surface area contributed by atoms with Crippen LogP contribution in [0.4, 0.5) is 0 Å². The molecule has 3 N–H and O–H groups in total. The molecule has 17 heavy (non-hydrogen) atoms. The minimum atomic E-state index is 0.710. The first kappa shape index (κ1) is 12.3. The van der Waals surface area contributed by atoms with Crippen LogP contribution >= 0.6 is 11.3 Å². The lowest BCUT2D eigenvalue weighted by molar-refractivity contribution is 0.688. The van der Waals surface area contributed by atoms with Crippen molar-refractivity contribution in [1.29, 1.82) is 0 Å². The standard InChI is InChI=1S/C14H18N2S/c15-7-5-13-3-1-2-4-14(13)10-16-9-12-6-8-17-11-12/h1-4,6,8,11,16H,5,7,9-10,15H2. The summed E-state index contributed by atoms with van der Waals surface area (Å²) < 4.78 is 0. The van der Waals surface area contributed by atoms with E-state index < -0.39 is 0 Å². The molecule has 0 aliphatic heterocycles. The number of rotatable bonds is 6. The first-order chi connectivity index (χ1) is 8.40. The number of nitrogens with one attached hydrogen (secondary N) is 1. The van der Waals surface area contributed by atoms with Gasteiger partial charge in [-0.15, -0.1) is 0 Å². The normalized spacial score (nSPS) is 10.6. The molecule has 0 saturated heterocycles. The highest BCUT2D eigenvalue weighted by atomic mass is 32.1. The molecule has 2 nitrogen and oxygen atoms in total. The fourth-order valence-corrected chi connectivity index (χ4v) is 2.53. The van der Waals surface area contributed by atoms with Gasteiger partial charge in [0.15, 0.2) is 0 Å². The van der Waals surface area contributed by atoms with Crippen molar-refractivity contribution < 1.29 is 0 Å². The molecule has 2 aromatic rings. The summed E-state index contributed by atoms with van der Waals surface area (Å²) in [5.41, 5.74) is 9.68. The monoisotopic (exact) mass is 246 g/mol. The maximum atomic E-state index is 5.62. The average molecular weight is 246 g/mol. The molecule has 0 atom stereocenters. The van der Waals surface area contributed by atoms with Gasteiger partial charge >= 0.3 is 0 Å². The Morgan fingerprint density at radius 1 is 1.06 bits per heavy atom. The lowest BCUT2D eigenvalue weighted by Crippen LogP contribution is -2.14. The number of hydrogen-bond donors (Lipinski definition) is 2. The van der Waals surface area contributed by atoms with E-state index in [9.17, 15) is 0 Å². The third-order valence-electron chi connectivity index (χ3n) is 2.76. The smallest absolute Gasteiger partial charge is 0.0216 e. The molecule has 0 amide bonds. The van der Waals surface area contributed by atoms with E-state index in [1.165, 1.54) is 16.7 Å². The summed E-state index contributed by atoms with van der Waals surface area (Å²) in [6.07, 6.45) is 0.955. The van der Waals surface area contributed by atoms with Crippen LogP contribution in [0.5, 0.6) is 0 Å². The van der Waals surface area contributed by atoms with Gasteiger partial charge in [-0.1, -0.05) is 24.3 Å². The van der Waals surface area contributed by atoms with Crippen molar-refractivity contribution in [2.75, 3.05) is 6.54 Å². The van der Waals surface area contributed by atoms with E-state index in [2.05, 4.69) is 46.4 Å². The summed E-state index contributed by atoms with van der Waals surface area (Å²) in [6.45, 7) is 2.55. The summed E-state index contributed by atoms with van der Waals surface area (Å²) in [7, 11) is 0. The molecule has 0 radical (unpaired) electrons. The molecule has 0 unspecified atom stereocenters. The Labute approximate surface area is 106 Å². The average Bonchev–Trinajstić information content (AvgIpc) is 2.85. The minimum absolute atomic E-state index is 0.710. The van der Waals surface area contributed by atoms with Crippen LogP contribution in [0.1, 0.15) is 16.7 Å². The summed E-state index contributed by atoms with van der Waals surface area (Å²) in [4.78, 5) is 0. The van der Waals surface area contributed by atoms with Gasteiger partial charge in [-0.05, 0) is 46.5 Å². The minimum Gasteiger partial charge on any atom is -0.330 e. The van der Waals surface area contributed by atoms with Gasteiger partial charge in [0.1, 0.15) is 0 Å². The van der Waals surface area contributed by atoms with Crippen LogP contribution in [0.15, 0.2) is 41.1 Å². The summed E-state index contributed by atoms with van der Waals surface area (Å²) in [6, 6.07) is 10.7. The first-order valence-corrected chi connectivity index (χ1v) is 6.83. The van der Waals surface area contributed by atoms with Crippen molar-refractivity contribution in [2.45, 2.75) is 19.5 Å². The number of hydrogen-bond acceptors (Lipinski definition) is 3. The second kappa shape index (κ2) is 6.55. The molecule has 1 aromatic carbocycles. The van der Waals surface area contributed by atoms with Crippen molar-refractivity contribution >= 4 is 11.3 Å². The molecule has 0 spiro atoms. The topological polar surface area (TPSA) is 38.0 Å². The highest BCUT2D eigenvalue weighted by Gasteiger charge is 2.00. The van der Waals surface area contributed by atoms with Crippen LogP contribution in [0.25, 0.3) is 0 Å². The van der Waals surface area contributed by atoms with Crippen molar-refractivity contribution in [3.63, 3.8) is 0 Å². The maximum absolute atomic E-state index is 5.62. The largest absolute Gasteiger partial charge is 0.330 e. The van der Waals surface area contributed by atoms with E-state index in [0.717, 1.165) is 19.5 Å². The third-order valence-corrected chi connectivity index (χ3v) is 3.49. The van der Waals surface area contributed by atoms with Crippen LogP contribution in [-0.4, -0.2) is 6.54 Å². The van der Waals surface area contributed by atoms with E-state index in [-0.39, 0.29) is 0 Å². The van der Waals surface area contributed by atoms with E-state index in [1.807, 2.05) is 0 Å². The van der Waals surface area contributed by atoms with E-state index in [0.29, 0.717) is 6.54 Å². The maximum Gasteiger partial charge on any atom is 0.0216 e. The lowest BCUT2D eigenvalue weighted by atomic mass is 10.0. The SMILES string of the molecule is NCCc1ccccc1CNCc1ccsc1. The Hall–Kier alpha value is -1.16. The zero-order chi connectivity index (χ0) is 11.9. The van der Waals surface area contributed by atoms with Crippen molar-refractivity contribution in [3.05, 3.63) is 57.8 Å². The second-order valence-corrected chi connectivity index (χ2v) is 4.82. The molecule has 0 aliphatic carbocycles. The molecule has 3 heteroatoms. The molecule has 1 heterocycles. The lowest BCUT2D eigenvalue weighted by Gasteiger charge is -2.09. The van der Waals surface area contributed by atoms with Crippen molar-refractivity contribution in [2.24, 2.45) is 5.73 Å². The van der Waals surface area contributed by atoms with Crippen LogP contribution in [0, 0.1) is 0 Å². The fourth-order valence-electron chi connectivity index (χ4n) is 1.86. The Morgan fingerprint density at radius 2 is 1.88 bits per heavy atom. The number of benzene rings is 1. The van der Waals surface area contributed by atoms with Gasteiger partial charge in [-0.2, -0.15) is 11.3 Å². The zero-order valence-corrected chi connectivity index (χ0v) is 10.7. The van der Waals surface area contributed by atoms with Gasteiger partial charge in [0, 0.05) is 13.1 Å². The Morgan fingerprint density at radius 3 is 2.59 bits per heavy atom. The first-order valence-electron chi connectivity index (χ1n) is 5.89. The molecule has 0 aliphatic rings. The van der Waals surface area contributed by atoms with E-state index >= 15 is 0 Å². The Bertz CT molecular complexity index is 437. The summed E-state index contributed by atoms with van der Waals surface area (Å²) >= 11 is 1.74. The molecule has 1 aromatic heterocycles. The molecular formula is C14H18N2S. The predicted octanol–water partition coefficient (Wildman–Crippen LogP) is 2.54. The predicted molar refractivity (Wildman–Crippen MR) is 74.1 cm³/mol. The van der Waals surface area contributed by atoms with Gasteiger partial charge in [0.05, 0.1) is 0 Å². The number of thiophene rings is 1. The molecule has 0 saturated carbocycles. The molecular weight excluding hydrogens is 228 g/mol.